The predicted molar refractivity (Wildman–Crippen MR) is 86.5 cm³/mol. The average Bonchev–Trinajstić information content (AvgIpc) is 2.55. The molecule has 0 fully saturated rings. The maximum Gasteiger partial charge on any atom is 0.307 e. The standard InChI is InChI=1S/C17H25NO5/c1-13(2)11-18(10-9-17(20)22-4)16(19)12-23-15-8-6-5-7-14(15)21-3/h5-8,13H,9-12H2,1-4H3. The number of benzene rings is 1. The maximum absolute atomic E-state index is 12.4. The van der Waals surface area contributed by atoms with Crippen LogP contribution in [0.15, 0.2) is 24.3 Å². The van der Waals surface area contributed by atoms with Crippen molar-refractivity contribution in [3.63, 3.8) is 0 Å². The van der Waals surface area contributed by atoms with Crippen molar-refractivity contribution in [2.24, 2.45) is 5.92 Å². The zero-order chi connectivity index (χ0) is 17.2. The highest BCUT2D eigenvalue weighted by atomic mass is 16.5. The molecule has 1 amide bonds. The SMILES string of the molecule is COC(=O)CCN(CC(C)C)C(=O)COc1ccccc1OC. The van der Waals surface area contributed by atoms with E-state index in [1.54, 1.807) is 24.1 Å². The van der Waals surface area contributed by atoms with Gasteiger partial charge in [0.25, 0.3) is 5.91 Å². The molecule has 0 saturated carbocycles. The predicted octanol–water partition coefficient (Wildman–Crippen LogP) is 2.12. The van der Waals surface area contributed by atoms with Crippen molar-refractivity contribution in [2.45, 2.75) is 20.3 Å². The highest BCUT2D eigenvalue weighted by molar-refractivity contribution is 5.78. The number of carbonyl (C=O) groups excluding carboxylic acids is 2. The zero-order valence-electron chi connectivity index (χ0n) is 14.2. The van der Waals surface area contributed by atoms with Gasteiger partial charge in [0, 0.05) is 13.1 Å². The van der Waals surface area contributed by atoms with E-state index in [0.29, 0.717) is 30.5 Å². The molecule has 0 N–H and O–H groups in total. The molecule has 0 bridgehead atoms. The van der Waals surface area contributed by atoms with Gasteiger partial charge in [-0.15, -0.1) is 0 Å². The highest BCUT2D eigenvalue weighted by Gasteiger charge is 2.17. The number of esters is 1. The summed E-state index contributed by atoms with van der Waals surface area (Å²) in [6.45, 7) is 4.80. The first-order chi connectivity index (χ1) is 11.0. The van der Waals surface area contributed by atoms with E-state index in [2.05, 4.69) is 4.74 Å². The molecule has 0 spiro atoms. The first-order valence-electron chi connectivity index (χ1n) is 7.58. The van der Waals surface area contributed by atoms with Crippen LogP contribution in [0.2, 0.25) is 0 Å². The van der Waals surface area contributed by atoms with Gasteiger partial charge in [-0.05, 0) is 18.1 Å². The van der Waals surface area contributed by atoms with E-state index >= 15 is 0 Å². The van der Waals surface area contributed by atoms with E-state index in [0.717, 1.165) is 0 Å². The Labute approximate surface area is 137 Å². The van der Waals surface area contributed by atoms with Crippen molar-refractivity contribution >= 4 is 11.9 Å². The van der Waals surface area contributed by atoms with Crippen LogP contribution in [-0.4, -0.2) is 50.7 Å². The van der Waals surface area contributed by atoms with Crippen LogP contribution in [0.3, 0.4) is 0 Å². The van der Waals surface area contributed by atoms with Crippen LogP contribution in [0.25, 0.3) is 0 Å². The normalized spacial score (nSPS) is 10.3. The summed E-state index contributed by atoms with van der Waals surface area (Å²) in [4.78, 5) is 25.3. The number of rotatable bonds is 9. The van der Waals surface area contributed by atoms with E-state index in [4.69, 9.17) is 9.47 Å². The van der Waals surface area contributed by atoms with Gasteiger partial charge in [-0.2, -0.15) is 0 Å². The molecule has 0 radical (unpaired) electrons. The third-order valence-electron chi connectivity index (χ3n) is 3.17. The minimum Gasteiger partial charge on any atom is -0.493 e. The van der Waals surface area contributed by atoms with Crippen LogP contribution in [-0.2, 0) is 14.3 Å². The Kier molecular flexibility index (Phi) is 7.94. The number of nitrogens with zero attached hydrogens (tertiary/aromatic N) is 1. The van der Waals surface area contributed by atoms with Crippen LogP contribution in [0.5, 0.6) is 11.5 Å². The second kappa shape index (κ2) is 9.71. The Bertz CT molecular complexity index is 515. The fourth-order valence-electron chi connectivity index (χ4n) is 2.06. The lowest BCUT2D eigenvalue weighted by Crippen LogP contribution is -2.39. The number of ether oxygens (including phenoxy) is 3. The molecule has 1 aromatic rings. The summed E-state index contributed by atoms with van der Waals surface area (Å²) in [5.74, 6) is 0.875. The molecule has 128 valence electrons. The summed E-state index contributed by atoms with van der Waals surface area (Å²) in [5.41, 5.74) is 0. The highest BCUT2D eigenvalue weighted by Crippen LogP contribution is 2.25. The smallest absolute Gasteiger partial charge is 0.307 e. The van der Waals surface area contributed by atoms with E-state index in [1.165, 1.54) is 7.11 Å². The van der Waals surface area contributed by atoms with Gasteiger partial charge >= 0.3 is 5.97 Å². The van der Waals surface area contributed by atoms with Crippen molar-refractivity contribution in [3.8, 4) is 11.5 Å². The molecule has 0 aliphatic carbocycles. The minimum absolute atomic E-state index is 0.103. The molecule has 0 heterocycles. The summed E-state index contributed by atoms with van der Waals surface area (Å²) in [7, 11) is 2.88. The van der Waals surface area contributed by atoms with E-state index in [9.17, 15) is 9.59 Å². The van der Waals surface area contributed by atoms with Crippen molar-refractivity contribution in [3.05, 3.63) is 24.3 Å². The lowest BCUT2D eigenvalue weighted by atomic mass is 10.2. The second-order valence-corrected chi connectivity index (χ2v) is 5.50. The Morgan fingerprint density at radius 1 is 1.13 bits per heavy atom. The molecule has 0 unspecified atom stereocenters. The first-order valence-corrected chi connectivity index (χ1v) is 7.58. The molecule has 0 aliphatic rings. The lowest BCUT2D eigenvalue weighted by molar-refractivity contribution is -0.142. The van der Waals surface area contributed by atoms with Crippen molar-refractivity contribution < 1.29 is 23.8 Å². The number of amides is 1. The van der Waals surface area contributed by atoms with Gasteiger partial charge < -0.3 is 19.1 Å². The van der Waals surface area contributed by atoms with Gasteiger partial charge in [-0.1, -0.05) is 26.0 Å². The van der Waals surface area contributed by atoms with Crippen LogP contribution >= 0.6 is 0 Å². The molecule has 0 saturated heterocycles. The molecule has 6 heteroatoms. The molecular weight excluding hydrogens is 298 g/mol. The number of carbonyl (C=O) groups is 2. The minimum atomic E-state index is -0.336. The first kappa shape index (κ1) is 18.8. The van der Waals surface area contributed by atoms with Crippen LogP contribution in [0, 0.1) is 5.92 Å². The monoisotopic (exact) mass is 323 g/mol. The van der Waals surface area contributed by atoms with Crippen molar-refractivity contribution in [1.82, 2.24) is 4.90 Å². The van der Waals surface area contributed by atoms with Gasteiger partial charge in [0.2, 0.25) is 0 Å². The number of methoxy groups -OCH3 is 2. The zero-order valence-corrected chi connectivity index (χ0v) is 14.2. The molecule has 0 aliphatic heterocycles. The van der Waals surface area contributed by atoms with Gasteiger partial charge in [-0.3, -0.25) is 9.59 Å². The van der Waals surface area contributed by atoms with Crippen LogP contribution in [0.4, 0.5) is 0 Å². The van der Waals surface area contributed by atoms with Gasteiger partial charge in [0.1, 0.15) is 0 Å². The molecule has 1 aromatic carbocycles. The van der Waals surface area contributed by atoms with E-state index < -0.39 is 0 Å². The molecule has 23 heavy (non-hydrogen) atoms. The number of para-hydroxylation sites is 2. The summed E-state index contributed by atoms with van der Waals surface area (Å²) < 4.78 is 15.4. The average molecular weight is 323 g/mol. The second-order valence-electron chi connectivity index (χ2n) is 5.50. The Hall–Kier alpha value is -2.24. The quantitative estimate of drug-likeness (QED) is 0.651. The molecule has 0 aromatic heterocycles. The molecular formula is C17H25NO5. The Balaban J connectivity index is 2.63. The summed E-state index contributed by atoms with van der Waals surface area (Å²) in [6.07, 6.45) is 0.170. The fourth-order valence-corrected chi connectivity index (χ4v) is 2.06. The van der Waals surface area contributed by atoms with Gasteiger partial charge in [0.05, 0.1) is 20.6 Å². The third kappa shape index (κ3) is 6.59. The Morgan fingerprint density at radius 2 is 1.78 bits per heavy atom. The summed E-state index contributed by atoms with van der Waals surface area (Å²) in [5, 5.41) is 0. The summed E-state index contributed by atoms with van der Waals surface area (Å²) >= 11 is 0. The number of hydrogen-bond donors (Lipinski definition) is 0. The Morgan fingerprint density at radius 3 is 2.35 bits per heavy atom. The third-order valence-corrected chi connectivity index (χ3v) is 3.17. The van der Waals surface area contributed by atoms with Crippen molar-refractivity contribution in [1.29, 1.82) is 0 Å². The molecule has 6 nitrogen and oxygen atoms in total. The summed E-state index contributed by atoms with van der Waals surface area (Å²) in [6, 6.07) is 7.15. The lowest BCUT2D eigenvalue weighted by Gasteiger charge is -2.24. The van der Waals surface area contributed by atoms with Gasteiger partial charge in [-0.25, -0.2) is 0 Å². The fraction of sp³-hybridized carbons (Fsp3) is 0.529. The van der Waals surface area contributed by atoms with Crippen LogP contribution in [0.1, 0.15) is 20.3 Å². The van der Waals surface area contributed by atoms with Gasteiger partial charge in [0.15, 0.2) is 18.1 Å². The topological polar surface area (TPSA) is 65.1 Å². The number of hydrogen-bond acceptors (Lipinski definition) is 5. The molecule has 1 rings (SSSR count). The largest absolute Gasteiger partial charge is 0.493 e. The van der Waals surface area contributed by atoms with Crippen LogP contribution < -0.4 is 9.47 Å². The van der Waals surface area contributed by atoms with Crippen molar-refractivity contribution in [2.75, 3.05) is 33.9 Å². The molecule has 0 atom stereocenters. The van der Waals surface area contributed by atoms with E-state index in [1.807, 2.05) is 26.0 Å². The van der Waals surface area contributed by atoms with E-state index in [-0.39, 0.29) is 24.9 Å². The maximum atomic E-state index is 12.4.